The van der Waals surface area contributed by atoms with Gasteiger partial charge in [-0.05, 0) is 39.8 Å². The first kappa shape index (κ1) is 30.8. The number of aromatic nitrogens is 1. The van der Waals surface area contributed by atoms with E-state index >= 15 is 0 Å². The summed E-state index contributed by atoms with van der Waals surface area (Å²) in [5.41, 5.74) is 2.42. The third kappa shape index (κ3) is 18.9. The van der Waals surface area contributed by atoms with Crippen molar-refractivity contribution < 1.29 is 39.6 Å². The van der Waals surface area contributed by atoms with Crippen LogP contribution in [-0.2, 0) is 19.2 Å². The molecule has 0 aliphatic rings. The predicted molar refractivity (Wildman–Crippen MR) is 102 cm³/mol. The van der Waals surface area contributed by atoms with Crippen molar-refractivity contribution in [1.29, 1.82) is 0 Å². The van der Waals surface area contributed by atoms with E-state index in [2.05, 4.69) is 53.5 Å². The van der Waals surface area contributed by atoms with Crippen molar-refractivity contribution in [3.63, 3.8) is 0 Å². The molecular weight excluding hydrogens is 394 g/mol. The van der Waals surface area contributed by atoms with Crippen LogP contribution >= 0.6 is 0 Å². The molecule has 0 bridgehead atoms. The van der Waals surface area contributed by atoms with Crippen LogP contribution in [0, 0.1) is 7.43 Å². The molecule has 0 atom stereocenters. The molecule has 0 saturated carbocycles. The van der Waals surface area contributed by atoms with Crippen LogP contribution in [0.1, 0.15) is 27.7 Å². The number of hydrogen-bond donors (Lipinski definition) is 1. The van der Waals surface area contributed by atoms with E-state index in [1.54, 1.807) is 0 Å². The van der Waals surface area contributed by atoms with E-state index in [1.165, 1.54) is 21.8 Å². The van der Waals surface area contributed by atoms with Crippen LogP contribution in [0.4, 0.5) is 0 Å². The molecule has 0 fully saturated rings. The van der Waals surface area contributed by atoms with Gasteiger partial charge < -0.3 is 44.6 Å². The summed E-state index contributed by atoms with van der Waals surface area (Å²) in [6.45, 7) is 3.89. The Morgan fingerprint density at radius 2 is 0.767 bits per heavy atom. The fourth-order valence-electron chi connectivity index (χ4n) is 1.80. The molecule has 9 heteroatoms. The largest absolute Gasteiger partial charge is 4.00 e. The first-order chi connectivity index (χ1) is 13.4. The molecule has 3 rings (SSSR count). The number of nitrogens with one attached hydrogen (secondary N) is 1. The minimum absolute atomic E-state index is 0. The van der Waals surface area contributed by atoms with E-state index in [1.807, 2.05) is 0 Å². The summed E-state index contributed by atoms with van der Waals surface area (Å²) < 4.78 is 0. The van der Waals surface area contributed by atoms with Crippen molar-refractivity contribution in [2.45, 2.75) is 27.7 Å². The number of aliphatic carboxylic acids is 4. The Balaban J connectivity index is -0.000000363. The molecule has 0 aliphatic carbocycles. The molecule has 2 aromatic carbocycles. The van der Waals surface area contributed by atoms with E-state index in [0.29, 0.717) is 0 Å². The van der Waals surface area contributed by atoms with Gasteiger partial charge in [0, 0.05) is 45.7 Å². The van der Waals surface area contributed by atoms with Gasteiger partial charge in [-0.25, -0.2) is 0 Å². The molecule has 1 N–H and O–H groups in total. The number of fused-ring (bicyclic) bond motifs is 3. The number of hydrogen-bond acceptors (Lipinski definition) is 8. The Bertz CT molecular complexity index is 817. The van der Waals surface area contributed by atoms with Crippen LogP contribution in [-0.4, -0.2) is 28.9 Å². The number of benzene rings is 2. The number of carbonyl (C=O) groups is 4. The quantitative estimate of drug-likeness (QED) is 0.457. The van der Waals surface area contributed by atoms with Gasteiger partial charge in [0.25, 0.3) is 0 Å². The number of aromatic amines is 1. The molecule has 3 aromatic rings. The summed E-state index contributed by atoms with van der Waals surface area (Å²) in [5, 5.41) is 38.2. The number of carboxylic acid groups (broad SMARTS) is 4. The SMILES string of the molecule is CC(=O)[O-].CC(=O)[O-].CC(=O)[O-].CC(=O)[O-].[C+4].c1ccc2c(c1)[nH]c1ccccc12. The summed E-state index contributed by atoms with van der Waals surface area (Å²) in [4.78, 5) is 38.9. The van der Waals surface area contributed by atoms with Gasteiger partial charge in [-0.2, -0.15) is 0 Å². The Labute approximate surface area is 174 Å². The number of H-pyrrole nitrogens is 1. The van der Waals surface area contributed by atoms with Crippen molar-refractivity contribution in [2.24, 2.45) is 0 Å². The van der Waals surface area contributed by atoms with E-state index in [4.69, 9.17) is 39.6 Å². The fraction of sp³-hybridized carbons (Fsp3) is 0.190. The first-order valence-electron chi connectivity index (χ1n) is 8.04. The average molecular weight is 415 g/mol. The smallest absolute Gasteiger partial charge is 0.550 e. The average Bonchev–Trinajstić information content (AvgIpc) is 2.91. The van der Waals surface area contributed by atoms with Crippen molar-refractivity contribution in [2.75, 3.05) is 0 Å². The Morgan fingerprint density at radius 3 is 1.00 bits per heavy atom. The monoisotopic (exact) mass is 415 g/mol. The van der Waals surface area contributed by atoms with Gasteiger partial charge in [0.1, 0.15) is 0 Å². The first-order valence-corrected chi connectivity index (χ1v) is 8.04. The third-order valence-corrected chi connectivity index (χ3v) is 2.41. The van der Waals surface area contributed by atoms with Crippen molar-refractivity contribution in [1.82, 2.24) is 4.98 Å². The number of rotatable bonds is 0. The normalized spacial score (nSPS) is 8.13. The summed E-state index contributed by atoms with van der Waals surface area (Å²) in [7, 11) is 0. The molecule has 0 unspecified atom stereocenters. The number of carbonyl (C=O) groups excluding carboxylic acids is 4. The van der Waals surface area contributed by atoms with Gasteiger partial charge in [-0.15, -0.1) is 0 Å². The van der Waals surface area contributed by atoms with Crippen LogP contribution in [0.2, 0.25) is 0 Å². The summed E-state index contributed by atoms with van der Waals surface area (Å²) in [6, 6.07) is 16.8. The molecule has 9 nitrogen and oxygen atoms in total. The molecule has 1 aromatic heterocycles. The molecule has 0 amide bonds. The maximum absolute atomic E-state index is 8.89. The molecule has 0 spiro atoms. The van der Waals surface area contributed by atoms with Gasteiger partial charge >= 0.3 is 7.43 Å². The standard InChI is InChI=1S/C12H9N.4C2H4O2.C/c1-3-7-11-9(5-1)10-6-2-4-8-12(10)13-11;4*1-2(3)4;/h1-8,13H;4*1H3,(H,3,4);/q;;;;;+4/p-4. The Hall–Kier alpha value is -3.88. The summed E-state index contributed by atoms with van der Waals surface area (Å²) >= 11 is 0. The summed E-state index contributed by atoms with van der Waals surface area (Å²) in [6.07, 6.45) is 0. The molecule has 0 aliphatic heterocycles. The van der Waals surface area contributed by atoms with E-state index in [-0.39, 0.29) is 7.43 Å². The molecule has 158 valence electrons. The van der Waals surface area contributed by atoms with Crippen LogP contribution < -0.4 is 20.4 Å². The maximum atomic E-state index is 8.89. The van der Waals surface area contributed by atoms with Crippen molar-refractivity contribution in [3.05, 3.63) is 56.0 Å². The molecule has 1 heterocycles. The van der Waals surface area contributed by atoms with Gasteiger partial charge in [0.2, 0.25) is 0 Å². The van der Waals surface area contributed by atoms with Gasteiger partial charge in [-0.3, -0.25) is 0 Å². The van der Waals surface area contributed by atoms with Crippen molar-refractivity contribution in [3.8, 4) is 0 Å². The van der Waals surface area contributed by atoms with E-state index < -0.39 is 23.9 Å². The fourth-order valence-corrected chi connectivity index (χ4v) is 1.80. The van der Waals surface area contributed by atoms with Gasteiger partial charge in [0.15, 0.2) is 0 Å². The third-order valence-electron chi connectivity index (χ3n) is 2.41. The second kappa shape index (κ2) is 17.2. The van der Waals surface area contributed by atoms with Crippen LogP contribution in [0.3, 0.4) is 0 Å². The predicted octanol–water partition coefficient (Wildman–Crippen LogP) is -1.57. The van der Waals surface area contributed by atoms with Crippen LogP contribution in [0.15, 0.2) is 48.5 Å². The van der Waals surface area contributed by atoms with Crippen LogP contribution in [0.25, 0.3) is 21.8 Å². The molecule has 30 heavy (non-hydrogen) atoms. The summed E-state index contributed by atoms with van der Waals surface area (Å²) in [5.74, 6) is -4.33. The Kier molecular flexibility index (Phi) is 17.7. The minimum Gasteiger partial charge on any atom is -0.550 e. The van der Waals surface area contributed by atoms with Crippen LogP contribution in [0.5, 0.6) is 0 Å². The number of para-hydroxylation sites is 2. The molecular formula is C21H21NO8. The second-order valence-electron chi connectivity index (χ2n) is 5.18. The number of carboxylic acids is 4. The van der Waals surface area contributed by atoms with Gasteiger partial charge in [0.05, 0.1) is 0 Å². The van der Waals surface area contributed by atoms with Crippen molar-refractivity contribution >= 4 is 45.7 Å². The minimum atomic E-state index is -1.08. The zero-order valence-electron chi connectivity index (χ0n) is 16.9. The Morgan fingerprint density at radius 1 is 0.567 bits per heavy atom. The van der Waals surface area contributed by atoms with Gasteiger partial charge in [-0.1, -0.05) is 36.4 Å². The zero-order valence-corrected chi connectivity index (χ0v) is 16.9. The molecule has 0 radical (unpaired) electrons. The molecule has 0 saturated heterocycles. The second-order valence-corrected chi connectivity index (χ2v) is 5.18. The van der Waals surface area contributed by atoms with E-state index in [0.717, 1.165) is 27.7 Å². The topological polar surface area (TPSA) is 176 Å². The zero-order chi connectivity index (χ0) is 23.0. The van der Waals surface area contributed by atoms with E-state index in [9.17, 15) is 0 Å². The maximum Gasteiger partial charge on any atom is 4.00 e.